The van der Waals surface area contributed by atoms with Crippen molar-refractivity contribution in [3.05, 3.63) is 15.5 Å². The van der Waals surface area contributed by atoms with Gasteiger partial charge < -0.3 is 0 Å². The second-order valence-corrected chi connectivity index (χ2v) is 3.52. The van der Waals surface area contributed by atoms with Crippen LogP contribution in [0.4, 0.5) is 0 Å². The van der Waals surface area contributed by atoms with Crippen LogP contribution < -0.4 is 11.3 Å². The van der Waals surface area contributed by atoms with E-state index in [1.807, 2.05) is 5.43 Å². The standard InChI is InChI=1S/C5H6ClN3OS/c6-5-8-2-3(11-5)1-4(10)9-7/h2H,1,7H2,(H,9,10). The van der Waals surface area contributed by atoms with E-state index in [1.165, 1.54) is 11.3 Å². The highest BCUT2D eigenvalue weighted by Crippen LogP contribution is 2.17. The molecular weight excluding hydrogens is 186 g/mol. The predicted molar refractivity (Wildman–Crippen MR) is 43.2 cm³/mol. The number of thiazole rings is 1. The molecule has 1 aromatic heterocycles. The van der Waals surface area contributed by atoms with Crippen molar-refractivity contribution < 1.29 is 4.79 Å². The lowest BCUT2D eigenvalue weighted by Crippen LogP contribution is -2.31. The Morgan fingerprint density at radius 3 is 3.09 bits per heavy atom. The molecule has 0 aliphatic heterocycles. The quantitative estimate of drug-likeness (QED) is 0.402. The molecule has 1 amide bonds. The van der Waals surface area contributed by atoms with Crippen LogP contribution in [0.3, 0.4) is 0 Å². The Kier molecular flexibility index (Phi) is 2.81. The van der Waals surface area contributed by atoms with Crippen molar-refractivity contribution in [3.63, 3.8) is 0 Å². The topological polar surface area (TPSA) is 68.0 Å². The van der Waals surface area contributed by atoms with Crippen LogP contribution in [0.25, 0.3) is 0 Å². The van der Waals surface area contributed by atoms with Gasteiger partial charge in [0.05, 0.1) is 6.42 Å². The molecule has 1 aromatic rings. The average molecular weight is 192 g/mol. The van der Waals surface area contributed by atoms with Gasteiger partial charge >= 0.3 is 0 Å². The van der Waals surface area contributed by atoms with E-state index in [-0.39, 0.29) is 12.3 Å². The Hall–Kier alpha value is -0.650. The highest BCUT2D eigenvalue weighted by atomic mass is 35.5. The second kappa shape index (κ2) is 3.66. The number of carbonyl (C=O) groups is 1. The van der Waals surface area contributed by atoms with Gasteiger partial charge in [-0.05, 0) is 0 Å². The van der Waals surface area contributed by atoms with E-state index in [1.54, 1.807) is 6.20 Å². The van der Waals surface area contributed by atoms with Crippen molar-refractivity contribution in [2.45, 2.75) is 6.42 Å². The Bertz CT molecular complexity index is 262. The van der Waals surface area contributed by atoms with Gasteiger partial charge in [0.25, 0.3) is 0 Å². The SMILES string of the molecule is NNC(=O)Cc1cnc(Cl)s1. The number of hydrogen-bond acceptors (Lipinski definition) is 4. The summed E-state index contributed by atoms with van der Waals surface area (Å²) in [5.41, 5.74) is 2.02. The van der Waals surface area contributed by atoms with Crippen LogP contribution in [0.5, 0.6) is 0 Å². The van der Waals surface area contributed by atoms with Gasteiger partial charge in [-0.1, -0.05) is 11.6 Å². The van der Waals surface area contributed by atoms with Crippen LogP contribution in [0, 0.1) is 0 Å². The smallest absolute Gasteiger partial charge is 0.239 e. The van der Waals surface area contributed by atoms with Crippen LogP contribution >= 0.6 is 22.9 Å². The van der Waals surface area contributed by atoms with E-state index in [0.29, 0.717) is 4.47 Å². The maximum absolute atomic E-state index is 10.7. The van der Waals surface area contributed by atoms with E-state index in [2.05, 4.69) is 4.98 Å². The van der Waals surface area contributed by atoms with E-state index >= 15 is 0 Å². The average Bonchev–Trinajstić information content (AvgIpc) is 2.35. The molecule has 0 radical (unpaired) electrons. The molecular formula is C5H6ClN3OS. The molecule has 0 aromatic carbocycles. The molecule has 0 saturated heterocycles. The van der Waals surface area contributed by atoms with Crippen molar-refractivity contribution in [3.8, 4) is 0 Å². The summed E-state index contributed by atoms with van der Waals surface area (Å²) < 4.78 is 0.435. The van der Waals surface area contributed by atoms with Crippen molar-refractivity contribution >= 4 is 28.8 Å². The minimum Gasteiger partial charge on any atom is -0.294 e. The van der Waals surface area contributed by atoms with Gasteiger partial charge in [-0.25, -0.2) is 10.8 Å². The Morgan fingerprint density at radius 2 is 2.64 bits per heavy atom. The molecule has 3 N–H and O–H groups in total. The van der Waals surface area contributed by atoms with E-state index in [4.69, 9.17) is 17.4 Å². The highest BCUT2D eigenvalue weighted by Gasteiger charge is 2.03. The lowest BCUT2D eigenvalue weighted by atomic mass is 10.4. The predicted octanol–water partition coefficient (Wildman–Crippen LogP) is 0.329. The Morgan fingerprint density at radius 1 is 1.91 bits per heavy atom. The Labute approximate surface area is 72.3 Å². The zero-order chi connectivity index (χ0) is 8.27. The summed E-state index contributed by atoms with van der Waals surface area (Å²) in [5.74, 6) is 4.63. The number of nitrogens with one attached hydrogen (secondary N) is 1. The molecule has 0 spiro atoms. The van der Waals surface area contributed by atoms with Gasteiger partial charge in [-0.3, -0.25) is 10.2 Å². The molecule has 0 saturated carbocycles. The number of hydrogen-bond donors (Lipinski definition) is 2. The van der Waals surface area contributed by atoms with Gasteiger partial charge in [-0.15, -0.1) is 11.3 Å². The van der Waals surface area contributed by atoms with Crippen molar-refractivity contribution in [1.29, 1.82) is 0 Å². The van der Waals surface area contributed by atoms with Gasteiger partial charge in [0.1, 0.15) is 0 Å². The number of hydrazine groups is 1. The molecule has 0 atom stereocenters. The molecule has 0 bridgehead atoms. The van der Waals surface area contributed by atoms with Crippen molar-refractivity contribution in [2.75, 3.05) is 0 Å². The van der Waals surface area contributed by atoms with Crippen LogP contribution in [-0.2, 0) is 11.2 Å². The summed E-state index contributed by atoms with van der Waals surface area (Å²) in [7, 11) is 0. The normalized spacial score (nSPS) is 9.64. The summed E-state index contributed by atoms with van der Waals surface area (Å²) >= 11 is 6.80. The molecule has 0 aliphatic carbocycles. The third-order valence-corrected chi connectivity index (χ3v) is 2.14. The van der Waals surface area contributed by atoms with E-state index in [9.17, 15) is 4.79 Å². The monoisotopic (exact) mass is 191 g/mol. The number of halogens is 1. The minimum atomic E-state index is -0.245. The first kappa shape index (κ1) is 8.45. The van der Waals surface area contributed by atoms with Crippen LogP contribution in [0.15, 0.2) is 6.20 Å². The summed E-state index contributed by atoms with van der Waals surface area (Å²) in [4.78, 5) is 15.3. The van der Waals surface area contributed by atoms with Crippen LogP contribution in [-0.4, -0.2) is 10.9 Å². The number of nitrogens with two attached hydrogens (primary N) is 1. The first-order valence-electron chi connectivity index (χ1n) is 2.82. The molecule has 1 heterocycles. The van der Waals surface area contributed by atoms with Gasteiger partial charge in [0.2, 0.25) is 5.91 Å². The fraction of sp³-hybridized carbons (Fsp3) is 0.200. The maximum atomic E-state index is 10.7. The van der Waals surface area contributed by atoms with E-state index in [0.717, 1.165) is 4.88 Å². The minimum absolute atomic E-state index is 0.237. The first-order chi connectivity index (χ1) is 5.22. The number of amides is 1. The number of rotatable bonds is 2. The summed E-state index contributed by atoms with van der Waals surface area (Å²) in [6.45, 7) is 0. The zero-order valence-corrected chi connectivity index (χ0v) is 7.08. The molecule has 0 unspecified atom stereocenters. The Balaban J connectivity index is 2.57. The lowest BCUT2D eigenvalue weighted by molar-refractivity contribution is -0.120. The van der Waals surface area contributed by atoms with Crippen molar-refractivity contribution in [2.24, 2.45) is 5.84 Å². The summed E-state index contributed by atoms with van der Waals surface area (Å²) in [5, 5.41) is 0. The first-order valence-corrected chi connectivity index (χ1v) is 4.01. The molecule has 4 nitrogen and oxygen atoms in total. The van der Waals surface area contributed by atoms with Crippen LogP contribution in [0.1, 0.15) is 4.88 Å². The summed E-state index contributed by atoms with van der Waals surface area (Å²) in [6, 6.07) is 0. The van der Waals surface area contributed by atoms with Crippen molar-refractivity contribution in [1.82, 2.24) is 10.4 Å². The highest BCUT2D eigenvalue weighted by molar-refractivity contribution is 7.15. The molecule has 1 rings (SSSR count). The van der Waals surface area contributed by atoms with Gasteiger partial charge in [0.15, 0.2) is 4.47 Å². The number of aromatic nitrogens is 1. The van der Waals surface area contributed by atoms with Gasteiger partial charge in [0, 0.05) is 11.1 Å². The molecule has 0 aliphatic rings. The number of carbonyl (C=O) groups excluding carboxylic acids is 1. The molecule has 6 heteroatoms. The number of nitrogens with zero attached hydrogens (tertiary/aromatic N) is 1. The fourth-order valence-corrected chi connectivity index (χ4v) is 1.55. The third kappa shape index (κ3) is 2.45. The van der Waals surface area contributed by atoms with Gasteiger partial charge in [-0.2, -0.15) is 0 Å². The molecule has 60 valence electrons. The lowest BCUT2D eigenvalue weighted by Gasteiger charge is -1.93. The second-order valence-electron chi connectivity index (χ2n) is 1.82. The zero-order valence-electron chi connectivity index (χ0n) is 5.50. The molecule has 11 heavy (non-hydrogen) atoms. The fourth-order valence-electron chi connectivity index (χ4n) is 0.575. The maximum Gasteiger partial charge on any atom is 0.239 e. The largest absolute Gasteiger partial charge is 0.294 e. The van der Waals surface area contributed by atoms with Crippen LogP contribution in [0.2, 0.25) is 4.47 Å². The third-order valence-electron chi connectivity index (χ3n) is 1.02. The van der Waals surface area contributed by atoms with E-state index < -0.39 is 0 Å². The molecule has 0 fully saturated rings. The summed E-state index contributed by atoms with van der Waals surface area (Å²) in [6.07, 6.45) is 1.79.